The monoisotopic (exact) mass is 235 g/mol. The number of hydrogen-bond donors (Lipinski definition) is 3. The molecule has 0 saturated heterocycles. The SMILES string of the molecule is CC(CCCO)NC(=O)CSCC(=O)O. The minimum Gasteiger partial charge on any atom is -0.481 e. The first-order valence-electron chi connectivity index (χ1n) is 4.76. The second-order valence-electron chi connectivity index (χ2n) is 3.22. The van der Waals surface area contributed by atoms with E-state index in [1.165, 1.54) is 0 Å². The van der Waals surface area contributed by atoms with Gasteiger partial charge in [0, 0.05) is 12.6 Å². The predicted molar refractivity (Wildman–Crippen MR) is 58.9 cm³/mol. The molecule has 6 heteroatoms. The molecule has 0 fully saturated rings. The molecule has 0 rings (SSSR count). The summed E-state index contributed by atoms with van der Waals surface area (Å²) in [5.74, 6) is -0.971. The second kappa shape index (κ2) is 8.55. The molecule has 0 aliphatic carbocycles. The van der Waals surface area contributed by atoms with Crippen molar-refractivity contribution >= 4 is 23.6 Å². The maximum atomic E-state index is 11.2. The van der Waals surface area contributed by atoms with Gasteiger partial charge in [-0.25, -0.2) is 0 Å². The predicted octanol–water partition coefficient (Wildman–Crippen LogP) is 0.0814. The molecule has 0 aliphatic heterocycles. The highest BCUT2D eigenvalue weighted by molar-refractivity contribution is 8.00. The number of aliphatic hydroxyl groups excluding tert-OH is 1. The van der Waals surface area contributed by atoms with Gasteiger partial charge in [0.05, 0.1) is 11.5 Å². The number of carboxylic acids is 1. The molecule has 3 N–H and O–H groups in total. The Hall–Kier alpha value is -0.750. The molecule has 0 aromatic rings. The first kappa shape index (κ1) is 14.2. The number of carbonyl (C=O) groups excluding carboxylic acids is 1. The van der Waals surface area contributed by atoms with E-state index in [1.54, 1.807) is 0 Å². The number of aliphatic hydroxyl groups is 1. The molecule has 0 aromatic heterocycles. The number of nitrogens with one attached hydrogen (secondary N) is 1. The van der Waals surface area contributed by atoms with Crippen LogP contribution in [0.5, 0.6) is 0 Å². The first-order chi connectivity index (χ1) is 7.06. The van der Waals surface area contributed by atoms with E-state index in [0.717, 1.165) is 18.2 Å². The summed E-state index contributed by atoms with van der Waals surface area (Å²) in [5, 5.41) is 19.6. The van der Waals surface area contributed by atoms with Crippen LogP contribution < -0.4 is 5.32 Å². The third kappa shape index (κ3) is 9.55. The van der Waals surface area contributed by atoms with E-state index in [1.807, 2.05) is 6.92 Å². The number of carbonyl (C=O) groups is 2. The molecule has 88 valence electrons. The number of aliphatic carboxylic acids is 1. The van der Waals surface area contributed by atoms with Crippen LogP contribution in [0.1, 0.15) is 19.8 Å². The Morgan fingerprint density at radius 3 is 2.60 bits per heavy atom. The molecular formula is C9H17NO4S. The van der Waals surface area contributed by atoms with Gasteiger partial charge in [-0.2, -0.15) is 0 Å². The van der Waals surface area contributed by atoms with Crippen LogP contribution in [0.15, 0.2) is 0 Å². The second-order valence-corrected chi connectivity index (χ2v) is 4.21. The summed E-state index contributed by atoms with van der Waals surface area (Å²) in [7, 11) is 0. The van der Waals surface area contributed by atoms with Gasteiger partial charge < -0.3 is 15.5 Å². The van der Waals surface area contributed by atoms with Crippen molar-refractivity contribution in [3.05, 3.63) is 0 Å². The third-order valence-electron chi connectivity index (χ3n) is 1.66. The normalized spacial score (nSPS) is 12.1. The van der Waals surface area contributed by atoms with Gasteiger partial charge in [-0.15, -0.1) is 11.8 Å². The lowest BCUT2D eigenvalue weighted by Gasteiger charge is -2.12. The lowest BCUT2D eigenvalue weighted by molar-refractivity contribution is -0.133. The highest BCUT2D eigenvalue weighted by Crippen LogP contribution is 2.00. The summed E-state index contributed by atoms with van der Waals surface area (Å²) >= 11 is 1.07. The van der Waals surface area contributed by atoms with Crippen LogP contribution in [0, 0.1) is 0 Å². The molecule has 0 radical (unpaired) electrons. The van der Waals surface area contributed by atoms with E-state index in [2.05, 4.69) is 5.32 Å². The zero-order valence-corrected chi connectivity index (χ0v) is 9.55. The maximum absolute atomic E-state index is 11.2. The maximum Gasteiger partial charge on any atom is 0.313 e. The Balaban J connectivity index is 3.50. The van der Waals surface area contributed by atoms with Gasteiger partial charge in [0.2, 0.25) is 5.91 Å². The molecule has 15 heavy (non-hydrogen) atoms. The number of carboxylic acid groups (broad SMARTS) is 1. The summed E-state index contributed by atoms with van der Waals surface area (Å²) < 4.78 is 0. The van der Waals surface area contributed by atoms with Gasteiger partial charge in [0.1, 0.15) is 0 Å². The molecule has 0 spiro atoms. The van der Waals surface area contributed by atoms with E-state index in [-0.39, 0.29) is 30.1 Å². The average molecular weight is 235 g/mol. The van der Waals surface area contributed by atoms with Crippen molar-refractivity contribution in [1.82, 2.24) is 5.32 Å². The van der Waals surface area contributed by atoms with Crippen LogP contribution in [0.2, 0.25) is 0 Å². The van der Waals surface area contributed by atoms with Crippen LogP contribution >= 0.6 is 11.8 Å². The smallest absolute Gasteiger partial charge is 0.313 e. The molecule has 1 amide bonds. The van der Waals surface area contributed by atoms with Crippen molar-refractivity contribution < 1.29 is 19.8 Å². The van der Waals surface area contributed by atoms with Crippen molar-refractivity contribution in [1.29, 1.82) is 0 Å². The Morgan fingerprint density at radius 1 is 1.40 bits per heavy atom. The Morgan fingerprint density at radius 2 is 2.07 bits per heavy atom. The Labute approximate surface area is 93.2 Å². The molecule has 0 bridgehead atoms. The number of amides is 1. The van der Waals surface area contributed by atoms with Crippen molar-refractivity contribution in [2.45, 2.75) is 25.8 Å². The van der Waals surface area contributed by atoms with E-state index < -0.39 is 5.97 Å². The zero-order valence-electron chi connectivity index (χ0n) is 8.73. The van der Waals surface area contributed by atoms with Crippen LogP contribution in [0.3, 0.4) is 0 Å². The first-order valence-corrected chi connectivity index (χ1v) is 5.91. The topological polar surface area (TPSA) is 86.6 Å². The molecule has 5 nitrogen and oxygen atoms in total. The standard InChI is InChI=1S/C9H17NO4S/c1-7(3-2-4-11)10-8(12)5-15-6-9(13)14/h7,11H,2-6H2,1H3,(H,10,12)(H,13,14). The summed E-state index contributed by atoms with van der Waals surface area (Å²) in [5.41, 5.74) is 0. The fraction of sp³-hybridized carbons (Fsp3) is 0.778. The van der Waals surface area contributed by atoms with E-state index in [4.69, 9.17) is 10.2 Å². The third-order valence-corrected chi connectivity index (χ3v) is 2.58. The lowest BCUT2D eigenvalue weighted by Crippen LogP contribution is -2.34. The zero-order chi connectivity index (χ0) is 11.7. The molecule has 0 aromatic carbocycles. The molecule has 0 saturated carbocycles. The van der Waals surface area contributed by atoms with E-state index in [9.17, 15) is 9.59 Å². The average Bonchev–Trinajstić information content (AvgIpc) is 2.14. The molecule has 0 aliphatic rings. The van der Waals surface area contributed by atoms with Gasteiger partial charge in [-0.05, 0) is 19.8 Å². The summed E-state index contributed by atoms with van der Waals surface area (Å²) in [6, 6.07) is 0.0232. The minimum absolute atomic E-state index is 0.0232. The van der Waals surface area contributed by atoms with Crippen LogP contribution in [-0.2, 0) is 9.59 Å². The Kier molecular flexibility index (Phi) is 8.12. The fourth-order valence-electron chi connectivity index (χ4n) is 1.02. The minimum atomic E-state index is -0.916. The number of thioether (sulfide) groups is 1. The van der Waals surface area contributed by atoms with Gasteiger partial charge in [-0.3, -0.25) is 9.59 Å². The lowest BCUT2D eigenvalue weighted by atomic mass is 10.2. The summed E-state index contributed by atoms with van der Waals surface area (Å²) in [4.78, 5) is 21.4. The van der Waals surface area contributed by atoms with E-state index >= 15 is 0 Å². The van der Waals surface area contributed by atoms with Crippen LogP contribution in [0.4, 0.5) is 0 Å². The van der Waals surface area contributed by atoms with Gasteiger partial charge >= 0.3 is 5.97 Å². The highest BCUT2D eigenvalue weighted by Gasteiger charge is 2.07. The van der Waals surface area contributed by atoms with Crippen molar-refractivity contribution in [3.63, 3.8) is 0 Å². The summed E-state index contributed by atoms with van der Waals surface area (Å²) in [6.45, 7) is 1.98. The molecule has 1 atom stereocenters. The van der Waals surface area contributed by atoms with Crippen molar-refractivity contribution in [3.8, 4) is 0 Å². The Bertz CT molecular complexity index is 210. The van der Waals surface area contributed by atoms with Gasteiger partial charge in [0.25, 0.3) is 0 Å². The highest BCUT2D eigenvalue weighted by atomic mass is 32.2. The molecular weight excluding hydrogens is 218 g/mol. The molecule has 0 heterocycles. The number of rotatable bonds is 8. The van der Waals surface area contributed by atoms with Crippen molar-refractivity contribution in [2.75, 3.05) is 18.1 Å². The van der Waals surface area contributed by atoms with Gasteiger partial charge in [-0.1, -0.05) is 0 Å². The number of hydrogen-bond acceptors (Lipinski definition) is 4. The van der Waals surface area contributed by atoms with Crippen LogP contribution in [0.25, 0.3) is 0 Å². The van der Waals surface area contributed by atoms with Crippen LogP contribution in [-0.4, -0.2) is 46.2 Å². The fourth-order valence-corrected chi connectivity index (χ4v) is 1.56. The summed E-state index contributed by atoms with van der Waals surface area (Å²) in [6.07, 6.45) is 1.38. The largest absolute Gasteiger partial charge is 0.481 e. The quantitative estimate of drug-likeness (QED) is 0.554. The molecule has 1 unspecified atom stereocenters. The van der Waals surface area contributed by atoms with Gasteiger partial charge in [0.15, 0.2) is 0 Å². The van der Waals surface area contributed by atoms with E-state index in [0.29, 0.717) is 6.42 Å². The van der Waals surface area contributed by atoms with Crippen molar-refractivity contribution in [2.24, 2.45) is 0 Å².